The first-order chi connectivity index (χ1) is 8.58. The summed E-state index contributed by atoms with van der Waals surface area (Å²) >= 11 is 0. The van der Waals surface area contributed by atoms with Crippen molar-refractivity contribution in [1.82, 2.24) is 0 Å². The lowest BCUT2D eigenvalue weighted by Gasteiger charge is -2.05. The lowest BCUT2D eigenvalue weighted by molar-refractivity contribution is 0.574. The zero-order valence-electron chi connectivity index (χ0n) is 9.20. The first kappa shape index (κ1) is 12.8. The van der Waals surface area contributed by atoms with E-state index < -0.39 is 28.3 Å². The first-order valence-corrected chi connectivity index (χ1v) is 6.46. The lowest BCUT2D eigenvalue weighted by atomic mass is 10.2. The molecule has 0 amide bonds. The van der Waals surface area contributed by atoms with Gasteiger partial charge in [0.2, 0.25) is 0 Å². The van der Waals surface area contributed by atoms with E-state index in [9.17, 15) is 17.4 Å². The largest absolute Gasteiger partial charge is 0.254 e. The number of hydrogen-bond acceptors (Lipinski definition) is 1. The van der Waals surface area contributed by atoms with Gasteiger partial charge in [0.05, 0.1) is 21.4 Å². The van der Waals surface area contributed by atoms with Gasteiger partial charge in [-0.15, -0.1) is 0 Å². The van der Waals surface area contributed by atoms with Crippen LogP contribution in [0.3, 0.4) is 0 Å². The fourth-order valence-electron chi connectivity index (χ4n) is 1.49. The molecule has 2 aromatic carbocycles. The summed E-state index contributed by atoms with van der Waals surface area (Å²) in [5.41, 5.74) is 0.0954. The van der Waals surface area contributed by atoms with Gasteiger partial charge in [0.15, 0.2) is 0 Å². The molecule has 0 aliphatic rings. The zero-order chi connectivity index (χ0) is 13.1. The smallest absolute Gasteiger partial charge is 0.139 e. The Bertz CT molecular complexity index is 599. The number of rotatable bonds is 3. The zero-order valence-corrected chi connectivity index (χ0v) is 10.0. The van der Waals surface area contributed by atoms with Crippen molar-refractivity contribution in [2.75, 3.05) is 0 Å². The van der Waals surface area contributed by atoms with E-state index in [0.29, 0.717) is 6.07 Å². The Morgan fingerprint density at radius 2 is 1.67 bits per heavy atom. The Labute approximate surface area is 105 Å². The molecule has 2 rings (SSSR count). The molecule has 0 saturated heterocycles. The predicted octanol–water partition coefficient (Wildman–Crippen LogP) is 3.41. The van der Waals surface area contributed by atoms with Gasteiger partial charge in [-0.1, -0.05) is 18.2 Å². The molecule has 0 fully saturated rings. The van der Waals surface area contributed by atoms with E-state index in [4.69, 9.17) is 0 Å². The summed E-state index contributed by atoms with van der Waals surface area (Å²) in [5, 5.41) is 0. The highest BCUT2D eigenvalue weighted by molar-refractivity contribution is 7.84. The average Bonchev–Trinajstić information content (AvgIpc) is 2.33. The Morgan fingerprint density at radius 3 is 2.33 bits per heavy atom. The molecule has 5 heteroatoms. The summed E-state index contributed by atoms with van der Waals surface area (Å²) in [4.78, 5) is 0.0150. The van der Waals surface area contributed by atoms with E-state index in [1.54, 1.807) is 6.07 Å². The molecule has 18 heavy (non-hydrogen) atoms. The number of benzene rings is 2. The molecule has 1 nitrogen and oxygen atoms in total. The molecule has 0 heterocycles. The highest BCUT2D eigenvalue weighted by Crippen LogP contribution is 2.18. The van der Waals surface area contributed by atoms with E-state index in [1.807, 2.05) is 0 Å². The molecule has 0 aliphatic carbocycles. The second-order valence-corrected chi connectivity index (χ2v) is 5.08. The van der Waals surface area contributed by atoms with Crippen LogP contribution in [0.25, 0.3) is 0 Å². The van der Waals surface area contributed by atoms with Gasteiger partial charge in [-0.3, -0.25) is 4.21 Å². The molecule has 2 aromatic rings. The second-order valence-electron chi connectivity index (χ2n) is 3.66. The van der Waals surface area contributed by atoms with Gasteiger partial charge in [0.1, 0.15) is 17.5 Å². The number of halogens is 3. The van der Waals surface area contributed by atoms with Gasteiger partial charge in [0, 0.05) is 11.6 Å². The monoisotopic (exact) mass is 270 g/mol. The minimum absolute atomic E-state index is 0.0150. The van der Waals surface area contributed by atoms with Gasteiger partial charge in [-0.2, -0.15) is 0 Å². The summed E-state index contributed by atoms with van der Waals surface area (Å²) in [7, 11) is -1.70. The normalized spacial score (nSPS) is 12.4. The Balaban J connectivity index is 2.24. The van der Waals surface area contributed by atoms with Crippen molar-refractivity contribution in [2.45, 2.75) is 10.6 Å². The lowest BCUT2D eigenvalue weighted by Crippen LogP contribution is -2.01. The van der Waals surface area contributed by atoms with E-state index in [0.717, 1.165) is 6.07 Å². The number of hydrogen-bond donors (Lipinski definition) is 0. The third kappa shape index (κ3) is 2.79. The van der Waals surface area contributed by atoms with Crippen LogP contribution >= 0.6 is 0 Å². The van der Waals surface area contributed by atoms with E-state index in [-0.39, 0.29) is 16.2 Å². The van der Waals surface area contributed by atoms with Gasteiger partial charge >= 0.3 is 0 Å². The van der Waals surface area contributed by atoms with Crippen LogP contribution in [0.15, 0.2) is 47.4 Å². The first-order valence-electron chi connectivity index (χ1n) is 5.15. The maximum Gasteiger partial charge on any atom is 0.139 e. The van der Waals surface area contributed by atoms with Gasteiger partial charge in [-0.05, 0) is 18.2 Å². The fraction of sp³-hybridized carbons (Fsp3) is 0.0769. The predicted molar refractivity (Wildman–Crippen MR) is 62.9 cm³/mol. The molecule has 0 aromatic heterocycles. The summed E-state index contributed by atoms with van der Waals surface area (Å²) in [6.45, 7) is 0. The Hall–Kier alpha value is -1.62. The minimum Gasteiger partial charge on any atom is -0.254 e. The van der Waals surface area contributed by atoms with Crippen LogP contribution in [-0.2, 0) is 16.6 Å². The van der Waals surface area contributed by atoms with E-state index in [2.05, 4.69) is 0 Å². The van der Waals surface area contributed by atoms with E-state index in [1.165, 1.54) is 24.3 Å². The molecule has 94 valence electrons. The minimum atomic E-state index is -1.70. The van der Waals surface area contributed by atoms with Gasteiger partial charge in [-0.25, -0.2) is 13.2 Å². The van der Waals surface area contributed by atoms with Crippen molar-refractivity contribution < 1.29 is 17.4 Å². The van der Waals surface area contributed by atoms with Crippen molar-refractivity contribution in [2.24, 2.45) is 0 Å². The molecule has 0 spiro atoms. The van der Waals surface area contributed by atoms with Crippen LogP contribution in [0.5, 0.6) is 0 Å². The van der Waals surface area contributed by atoms with E-state index >= 15 is 0 Å². The van der Waals surface area contributed by atoms with Gasteiger partial charge < -0.3 is 0 Å². The standard InChI is InChI=1S/C13H9F3OS/c14-10-6-5-9(12(16)7-10)8-18(17)13-4-2-1-3-11(13)15/h1-7H,8H2. The van der Waals surface area contributed by atoms with Crippen LogP contribution in [0.1, 0.15) is 5.56 Å². The van der Waals surface area contributed by atoms with Crippen LogP contribution in [0.2, 0.25) is 0 Å². The van der Waals surface area contributed by atoms with Crippen LogP contribution in [0, 0.1) is 17.5 Å². The summed E-state index contributed by atoms with van der Waals surface area (Å²) in [6, 6.07) is 8.61. The molecule has 1 atom stereocenters. The maximum atomic E-state index is 13.4. The fourth-order valence-corrected chi connectivity index (χ4v) is 2.68. The highest BCUT2D eigenvalue weighted by atomic mass is 32.2. The molecule has 0 aliphatic heterocycles. The second kappa shape index (κ2) is 5.35. The molecular weight excluding hydrogens is 261 g/mol. The van der Waals surface area contributed by atoms with Crippen LogP contribution < -0.4 is 0 Å². The van der Waals surface area contributed by atoms with Crippen LogP contribution in [-0.4, -0.2) is 4.21 Å². The summed E-state index contributed by atoms with van der Waals surface area (Å²) in [5.74, 6) is -2.27. The summed E-state index contributed by atoms with van der Waals surface area (Å²) in [6.07, 6.45) is 0. The molecule has 0 saturated carbocycles. The molecular formula is C13H9F3OS. The molecule has 0 bridgehead atoms. The van der Waals surface area contributed by atoms with Crippen molar-refractivity contribution in [1.29, 1.82) is 0 Å². The molecule has 0 radical (unpaired) electrons. The average molecular weight is 270 g/mol. The SMILES string of the molecule is O=S(Cc1ccc(F)cc1F)c1ccccc1F. The van der Waals surface area contributed by atoms with Crippen molar-refractivity contribution in [3.05, 3.63) is 65.5 Å². The third-order valence-corrected chi connectivity index (χ3v) is 3.78. The Morgan fingerprint density at radius 1 is 0.944 bits per heavy atom. The van der Waals surface area contributed by atoms with Crippen LogP contribution in [0.4, 0.5) is 13.2 Å². The van der Waals surface area contributed by atoms with Crippen molar-refractivity contribution in [3.8, 4) is 0 Å². The molecule has 0 N–H and O–H groups in total. The summed E-state index contributed by atoms with van der Waals surface area (Å²) < 4.78 is 51.3. The maximum absolute atomic E-state index is 13.4. The Kier molecular flexibility index (Phi) is 3.81. The van der Waals surface area contributed by atoms with Crippen molar-refractivity contribution >= 4 is 10.8 Å². The third-order valence-electron chi connectivity index (χ3n) is 2.38. The quantitative estimate of drug-likeness (QED) is 0.835. The van der Waals surface area contributed by atoms with Crippen molar-refractivity contribution in [3.63, 3.8) is 0 Å². The highest BCUT2D eigenvalue weighted by Gasteiger charge is 2.12. The van der Waals surface area contributed by atoms with Gasteiger partial charge in [0.25, 0.3) is 0 Å². The molecule has 1 unspecified atom stereocenters. The topological polar surface area (TPSA) is 17.1 Å².